The quantitative estimate of drug-likeness (QED) is 0.865. The number of phenols is 1. The van der Waals surface area contributed by atoms with Crippen LogP contribution in [0.25, 0.3) is 0 Å². The van der Waals surface area contributed by atoms with E-state index >= 15 is 0 Å². The third-order valence-electron chi connectivity index (χ3n) is 2.87. The average molecular weight is 245 g/mol. The third-order valence-corrected chi connectivity index (χ3v) is 2.87. The Labute approximate surface area is 106 Å². The maximum absolute atomic E-state index is 13.1. The van der Waals surface area contributed by atoms with Crippen molar-refractivity contribution in [3.8, 4) is 5.75 Å². The average Bonchev–Trinajstić information content (AvgIpc) is 2.36. The van der Waals surface area contributed by atoms with Crippen molar-refractivity contribution in [3.63, 3.8) is 0 Å². The van der Waals surface area contributed by atoms with E-state index in [4.69, 9.17) is 0 Å². The lowest BCUT2D eigenvalue weighted by atomic mass is 10.1. The van der Waals surface area contributed by atoms with Crippen LogP contribution in [0.2, 0.25) is 0 Å². The van der Waals surface area contributed by atoms with E-state index in [1.165, 1.54) is 12.1 Å². The Morgan fingerprint density at radius 2 is 1.94 bits per heavy atom. The zero-order valence-corrected chi connectivity index (χ0v) is 10.2. The number of phenolic OH excluding ortho intramolecular Hbond substituents is 1. The molecule has 0 heterocycles. The summed E-state index contributed by atoms with van der Waals surface area (Å²) < 4.78 is 13.1. The number of rotatable bonds is 4. The lowest BCUT2D eigenvalue weighted by molar-refractivity contribution is 0.473. The van der Waals surface area contributed by atoms with Crippen LogP contribution < -0.4 is 5.32 Å². The van der Waals surface area contributed by atoms with E-state index in [0.717, 1.165) is 11.1 Å². The van der Waals surface area contributed by atoms with Crippen LogP contribution in [0.1, 0.15) is 24.1 Å². The first kappa shape index (κ1) is 12.6. The lowest BCUT2D eigenvalue weighted by Gasteiger charge is -2.14. The molecule has 0 aromatic heterocycles. The number of hydrogen-bond acceptors (Lipinski definition) is 2. The molecular weight excluding hydrogens is 229 g/mol. The van der Waals surface area contributed by atoms with Crippen molar-refractivity contribution in [1.82, 2.24) is 5.32 Å². The van der Waals surface area contributed by atoms with Gasteiger partial charge in [-0.1, -0.05) is 24.3 Å². The number of benzene rings is 2. The molecule has 0 fully saturated rings. The van der Waals surface area contributed by atoms with Gasteiger partial charge in [-0.25, -0.2) is 4.39 Å². The van der Waals surface area contributed by atoms with Crippen molar-refractivity contribution in [2.24, 2.45) is 0 Å². The highest BCUT2D eigenvalue weighted by molar-refractivity contribution is 5.27. The Balaban J connectivity index is 1.98. The monoisotopic (exact) mass is 245 g/mol. The van der Waals surface area contributed by atoms with Gasteiger partial charge in [0.1, 0.15) is 11.6 Å². The fourth-order valence-corrected chi connectivity index (χ4v) is 1.83. The molecule has 0 aliphatic rings. The minimum absolute atomic E-state index is 0.0584. The van der Waals surface area contributed by atoms with Gasteiger partial charge in [0.25, 0.3) is 0 Å². The minimum Gasteiger partial charge on any atom is -0.508 e. The summed E-state index contributed by atoms with van der Waals surface area (Å²) in [6.45, 7) is 2.61. The fraction of sp³-hybridized carbons (Fsp3) is 0.200. The Morgan fingerprint density at radius 1 is 1.17 bits per heavy atom. The van der Waals surface area contributed by atoms with Crippen molar-refractivity contribution in [1.29, 1.82) is 0 Å². The number of aromatic hydroxyl groups is 1. The number of halogens is 1. The summed E-state index contributed by atoms with van der Waals surface area (Å²) in [5.41, 5.74) is 1.91. The molecule has 0 aliphatic carbocycles. The summed E-state index contributed by atoms with van der Waals surface area (Å²) >= 11 is 0. The maximum Gasteiger partial charge on any atom is 0.123 e. The van der Waals surface area contributed by atoms with Gasteiger partial charge in [0, 0.05) is 12.6 Å². The summed E-state index contributed by atoms with van der Waals surface area (Å²) in [5, 5.41) is 12.6. The van der Waals surface area contributed by atoms with E-state index in [1.54, 1.807) is 24.3 Å². The van der Waals surface area contributed by atoms with E-state index in [9.17, 15) is 9.50 Å². The van der Waals surface area contributed by atoms with E-state index in [-0.39, 0.29) is 17.6 Å². The van der Waals surface area contributed by atoms with Gasteiger partial charge in [-0.15, -0.1) is 0 Å². The SMILES string of the molecule is CC(NCc1cccc(O)c1)c1cccc(F)c1. The molecule has 2 aromatic carbocycles. The predicted octanol–water partition coefficient (Wildman–Crippen LogP) is 3.38. The van der Waals surface area contributed by atoms with Crippen molar-refractivity contribution < 1.29 is 9.50 Å². The van der Waals surface area contributed by atoms with Crippen LogP contribution in [0.5, 0.6) is 5.75 Å². The van der Waals surface area contributed by atoms with Crippen LogP contribution in [0.15, 0.2) is 48.5 Å². The number of hydrogen-bond donors (Lipinski definition) is 2. The molecule has 0 spiro atoms. The molecule has 0 saturated carbocycles. The van der Waals surface area contributed by atoms with Gasteiger partial charge < -0.3 is 10.4 Å². The van der Waals surface area contributed by atoms with Crippen LogP contribution in [0.3, 0.4) is 0 Å². The zero-order valence-electron chi connectivity index (χ0n) is 10.2. The van der Waals surface area contributed by atoms with Crippen molar-refractivity contribution in [2.45, 2.75) is 19.5 Å². The van der Waals surface area contributed by atoms with Gasteiger partial charge >= 0.3 is 0 Å². The van der Waals surface area contributed by atoms with Crippen molar-refractivity contribution >= 4 is 0 Å². The first-order valence-corrected chi connectivity index (χ1v) is 5.92. The molecule has 0 radical (unpaired) electrons. The molecule has 1 unspecified atom stereocenters. The van der Waals surface area contributed by atoms with Crippen LogP contribution in [0, 0.1) is 5.82 Å². The molecule has 0 saturated heterocycles. The molecule has 0 amide bonds. The Kier molecular flexibility index (Phi) is 3.95. The molecule has 94 valence electrons. The lowest BCUT2D eigenvalue weighted by Crippen LogP contribution is -2.18. The minimum atomic E-state index is -0.224. The molecule has 0 aliphatic heterocycles. The molecule has 1 atom stereocenters. The van der Waals surface area contributed by atoms with Gasteiger partial charge in [0.2, 0.25) is 0 Å². The molecule has 2 nitrogen and oxygen atoms in total. The van der Waals surface area contributed by atoms with Crippen LogP contribution >= 0.6 is 0 Å². The predicted molar refractivity (Wildman–Crippen MR) is 69.8 cm³/mol. The largest absolute Gasteiger partial charge is 0.508 e. The first-order chi connectivity index (χ1) is 8.65. The maximum atomic E-state index is 13.1. The Morgan fingerprint density at radius 3 is 2.67 bits per heavy atom. The Bertz CT molecular complexity index is 527. The number of nitrogens with one attached hydrogen (secondary N) is 1. The standard InChI is InChI=1S/C15H16FNO/c1-11(13-5-3-6-14(16)9-13)17-10-12-4-2-7-15(18)8-12/h2-9,11,17-18H,10H2,1H3. The molecule has 2 rings (SSSR count). The van der Waals surface area contributed by atoms with Gasteiger partial charge in [-0.3, -0.25) is 0 Å². The molecule has 2 N–H and O–H groups in total. The van der Waals surface area contributed by atoms with E-state index in [0.29, 0.717) is 6.54 Å². The highest BCUT2D eigenvalue weighted by Gasteiger charge is 2.05. The van der Waals surface area contributed by atoms with E-state index < -0.39 is 0 Å². The second-order valence-corrected chi connectivity index (χ2v) is 4.33. The molecule has 3 heteroatoms. The fourth-order valence-electron chi connectivity index (χ4n) is 1.83. The van der Waals surface area contributed by atoms with Gasteiger partial charge in [-0.2, -0.15) is 0 Å². The molecule has 0 bridgehead atoms. The summed E-state index contributed by atoms with van der Waals surface area (Å²) in [4.78, 5) is 0. The molecule has 18 heavy (non-hydrogen) atoms. The van der Waals surface area contributed by atoms with Crippen LogP contribution in [-0.2, 0) is 6.54 Å². The molecule has 2 aromatic rings. The van der Waals surface area contributed by atoms with Crippen LogP contribution in [0.4, 0.5) is 4.39 Å². The second kappa shape index (κ2) is 5.65. The normalized spacial score (nSPS) is 12.3. The van der Waals surface area contributed by atoms with E-state index in [2.05, 4.69) is 5.32 Å². The topological polar surface area (TPSA) is 32.3 Å². The smallest absolute Gasteiger partial charge is 0.123 e. The zero-order chi connectivity index (χ0) is 13.0. The third kappa shape index (κ3) is 3.31. The summed E-state index contributed by atoms with van der Waals surface area (Å²) in [5.74, 6) is 0.0335. The van der Waals surface area contributed by atoms with Crippen molar-refractivity contribution in [2.75, 3.05) is 0 Å². The summed E-state index contributed by atoms with van der Waals surface area (Å²) in [7, 11) is 0. The summed E-state index contributed by atoms with van der Waals surface area (Å²) in [6, 6.07) is 13.7. The van der Waals surface area contributed by atoms with Crippen LogP contribution in [-0.4, -0.2) is 5.11 Å². The highest BCUT2D eigenvalue weighted by atomic mass is 19.1. The first-order valence-electron chi connectivity index (χ1n) is 5.92. The molecular formula is C15H16FNO. The van der Waals surface area contributed by atoms with Gasteiger partial charge in [0.05, 0.1) is 0 Å². The van der Waals surface area contributed by atoms with E-state index in [1.807, 2.05) is 19.1 Å². The Hall–Kier alpha value is -1.87. The highest BCUT2D eigenvalue weighted by Crippen LogP contribution is 2.15. The van der Waals surface area contributed by atoms with Gasteiger partial charge in [-0.05, 0) is 42.3 Å². The van der Waals surface area contributed by atoms with Gasteiger partial charge in [0.15, 0.2) is 0 Å². The summed E-state index contributed by atoms with van der Waals surface area (Å²) in [6.07, 6.45) is 0. The van der Waals surface area contributed by atoms with Crippen molar-refractivity contribution in [3.05, 3.63) is 65.5 Å². The second-order valence-electron chi connectivity index (χ2n) is 4.33.